The van der Waals surface area contributed by atoms with E-state index in [1.54, 1.807) is 6.92 Å². The Bertz CT molecular complexity index is 684. The van der Waals surface area contributed by atoms with Gasteiger partial charge in [0, 0.05) is 27.0 Å². The number of carbonyl (C=O) groups excluding carboxylic acids is 2. The van der Waals surface area contributed by atoms with Crippen LogP contribution < -0.4 is 16.8 Å². The monoisotopic (exact) mass is 355 g/mol. The van der Waals surface area contributed by atoms with Crippen molar-refractivity contribution in [1.82, 2.24) is 5.32 Å². The van der Waals surface area contributed by atoms with Crippen molar-refractivity contribution in [3.8, 4) is 0 Å². The largest absolute Gasteiger partial charge is 0.397 e. The van der Waals surface area contributed by atoms with Gasteiger partial charge in [-0.15, -0.1) is 11.3 Å². The first-order valence-electron chi connectivity index (χ1n) is 5.95. The van der Waals surface area contributed by atoms with E-state index < -0.39 is 5.91 Å². The van der Waals surface area contributed by atoms with Crippen LogP contribution in [0.4, 0.5) is 5.69 Å². The van der Waals surface area contributed by atoms with Crippen molar-refractivity contribution in [1.29, 1.82) is 0 Å². The van der Waals surface area contributed by atoms with Gasteiger partial charge in [-0.2, -0.15) is 0 Å². The number of rotatable bonds is 4. The van der Waals surface area contributed by atoms with E-state index in [0.717, 1.165) is 14.6 Å². The van der Waals surface area contributed by atoms with Crippen LogP contribution in [0.1, 0.15) is 23.0 Å². The SMILES string of the molecule is CC(CC(N)=O)NC(=O)c1sc2ccc(Br)cc2c1N. The van der Waals surface area contributed by atoms with Crippen molar-refractivity contribution in [2.75, 3.05) is 5.73 Å². The normalized spacial score (nSPS) is 12.3. The molecule has 0 aliphatic heterocycles. The highest BCUT2D eigenvalue weighted by Crippen LogP contribution is 2.35. The van der Waals surface area contributed by atoms with E-state index in [2.05, 4.69) is 21.2 Å². The minimum atomic E-state index is -0.453. The molecule has 1 heterocycles. The maximum Gasteiger partial charge on any atom is 0.263 e. The van der Waals surface area contributed by atoms with Crippen LogP contribution in [0.25, 0.3) is 10.1 Å². The summed E-state index contributed by atoms with van der Waals surface area (Å²) in [6, 6.07) is 5.36. The Morgan fingerprint density at radius 3 is 2.80 bits per heavy atom. The molecule has 5 nitrogen and oxygen atoms in total. The predicted molar refractivity (Wildman–Crippen MR) is 84.7 cm³/mol. The summed E-state index contributed by atoms with van der Waals surface area (Å²) >= 11 is 4.70. The molecule has 2 aromatic rings. The maximum absolute atomic E-state index is 12.2. The quantitative estimate of drug-likeness (QED) is 0.784. The maximum atomic E-state index is 12.2. The number of nitrogens with two attached hydrogens (primary N) is 2. The van der Waals surface area contributed by atoms with E-state index in [4.69, 9.17) is 11.5 Å². The van der Waals surface area contributed by atoms with Gasteiger partial charge in [-0.25, -0.2) is 0 Å². The first kappa shape index (κ1) is 14.8. The number of amides is 2. The number of hydrogen-bond donors (Lipinski definition) is 3. The molecule has 0 aliphatic rings. The Labute approximate surface area is 128 Å². The van der Waals surface area contributed by atoms with E-state index in [-0.39, 0.29) is 18.4 Å². The van der Waals surface area contributed by atoms with Crippen molar-refractivity contribution >= 4 is 54.9 Å². The molecule has 0 spiro atoms. The molecule has 7 heteroatoms. The van der Waals surface area contributed by atoms with Crippen molar-refractivity contribution in [3.05, 3.63) is 27.5 Å². The Hall–Kier alpha value is -1.60. The van der Waals surface area contributed by atoms with Crippen LogP contribution in [-0.2, 0) is 4.79 Å². The highest BCUT2D eigenvalue weighted by atomic mass is 79.9. The number of fused-ring (bicyclic) bond motifs is 1. The molecule has 1 atom stereocenters. The summed E-state index contributed by atoms with van der Waals surface area (Å²) in [7, 11) is 0. The van der Waals surface area contributed by atoms with Gasteiger partial charge >= 0.3 is 0 Å². The van der Waals surface area contributed by atoms with Crippen molar-refractivity contribution in [2.45, 2.75) is 19.4 Å². The fourth-order valence-corrected chi connectivity index (χ4v) is 3.27. The molecule has 0 fully saturated rings. The molecule has 1 aromatic heterocycles. The van der Waals surface area contributed by atoms with Gasteiger partial charge in [-0.3, -0.25) is 9.59 Å². The molecule has 0 saturated carbocycles. The fourth-order valence-electron chi connectivity index (χ4n) is 1.90. The number of primary amides is 1. The van der Waals surface area contributed by atoms with Crippen molar-refractivity contribution in [2.24, 2.45) is 5.73 Å². The lowest BCUT2D eigenvalue weighted by Crippen LogP contribution is -2.35. The molecule has 1 aromatic carbocycles. The zero-order valence-corrected chi connectivity index (χ0v) is 13.2. The molecule has 0 aliphatic carbocycles. The number of nitrogens with one attached hydrogen (secondary N) is 1. The van der Waals surface area contributed by atoms with E-state index in [1.807, 2.05) is 18.2 Å². The number of anilines is 1. The summed E-state index contributed by atoms with van der Waals surface area (Å²) in [5.41, 5.74) is 11.6. The number of halogens is 1. The third-order valence-corrected chi connectivity index (χ3v) is 4.46. The summed E-state index contributed by atoms with van der Waals surface area (Å²) < 4.78 is 1.85. The topological polar surface area (TPSA) is 98.2 Å². The second-order valence-corrected chi connectivity index (χ2v) is 6.50. The van der Waals surface area contributed by atoms with Gasteiger partial charge in [-0.1, -0.05) is 15.9 Å². The predicted octanol–water partition coefficient (Wildman–Crippen LogP) is 2.24. The molecule has 0 saturated heterocycles. The van der Waals surface area contributed by atoms with Crippen LogP contribution in [-0.4, -0.2) is 17.9 Å². The highest BCUT2D eigenvalue weighted by Gasteiger charge is 2.18. The first-order valence-corrected chi connectivity index (χ1v) is 7.56. The average molecular weight is 356 g/mol. The third-order valence-electron chi connectivity index (χ3n) is 2.78. The van der Waals surface area contributed by atoms with E-state index in [9.17, 15) is 9.59 Å². The van der Waals surface area contributed by atoms with Crippen LogP contribution in [0.15, 0.2) is 22.7 Å². The molecule has 2 amide bonds. The lowest BCUT2D eigenvalue weighted by Gasteiger charge is -2.11. The Balaban J connectivity index is 2.26. The molecule has 1 unspecified atom stereocenters. The zero-order chi connectivity index (χ0) is 14.9. The van der Waals surface area contributed by atoms with Gasteiger partial charge in [0.2, 0.25) is 5.91 Å². The second kappa shape index (κ2) is 5.80. The third kappa shape index (κ3) is 3.10. The minimum absolute atomic E-state index is 0.0993. The molecule has 106 valence electrons. The van der Waals surface area contributed by atoms with E-state index in [1.165, 1.54) is 11.3 Å². The Morgan fingerprint density at radius 1 is 1.45 bits per heavy atom. The van der Waals surface area contributed by atoms with Crippen LogP contribution >= 0.6 is 27.3 Å². The summed E-state index contributed by atoms with van der Waals surface area (Å²) in [6.45, 7) is 1.72. The van der Waals surface area contributed by atoms with Crippen LogP contribution in [0.2, 0.25) is 0 Å². The minimum Gasteiger partial charge on any atom is -0.397 e. The molecule has 0 bridgehead atoms. The van der Waals surface area contributed by atoms with Gasteiger partial charge in [0.1, 0.15) is 4.88 Å². The summed E-state index contributed by atoms with van der Waals surface area (Å²) in [6.07, 6.45) is 0.0993. The number of thiophene rings is 1. The number of carbonyl (C=O) groups is 2. The molecule has 5 N–H and O–H groups in total. The number of hydrogen-bond acceptors (Lipinski definition) is 4. The van der Waals surface area contributed by atoms with Crippen molar-refractivity contribution < 1.29 is 9.59 Å². The number of benzene rings is 1. The molecular formula is C13H14BrN3O2S. The standard InChI is InChI=1S/C13H14BrN3O2S/c1-6(4-10(15)18)17-13(19)12-11(16)8-5-7(14)2-3-9(8)20-12/h2-3,5-6H,4,16H2,1H3,(H2,15,18)(H,17,19). The summed E-state index contributed by atoms with van der Waals surface area (Å²) in [4.78, 5) is 23.4. The fraction of sp³-hybridized carbons (Fsp3) is 0.231. The Kier molecular flexibility index (Phi) is 4.29. The lowest BCUT2D eigenvalue weighted by atomic mass is 10.2. The molecule has 20 heavy (non-hydrogen) atoms. The number of nitrogen functional groups attached to an aromatic ring is 1. The molecule has 0 radical (unpaired) electrons. The highest BCUT2D eigenvalue weighted by molar-refractivity contribution is 9.10. The van der Waals surface area contributed by atoms with Gasteiger partial charge in [0.05, 0.1) is 5.69 Å². The van der Waals surface area contributed by atoms with Gasteiger partial charge in [-0.05, 0) is 25.1 Å². The zero-order valence-electron chi connectivity index (χ0n) is 10.8. The van der Waals surface area contributed by atoms with E-state index in [0.29, 0.717) is 10.6 Å². The van der Waals surface area contributed by atoms with Gasteiger partial charge in [0.25, 0.3) is 5.91 Å². The smallest absolute Gasteiger partial charge is 0.263 e. The molecular weight excluding hydrogens is 342 g/mol. The summed E-state index contributed by atoms with van der Waals surface area (Å²) in [5, 5.41) is 3.57. The lowest BCUT2D eigenvalue weighted by molar-refractivity contribution is -0.118. The second-order valence-electron chi connectivity index (χ2n) is 4.53. The van der Waals surface area contributed by atoms with Crippen LogP contribution in [0.3, 0.4) is 0 Å². The average Bonchev–Trinajstić information content (AvgIpc) is 2.65. The van der Waals surface area contributed by atoms with Gasteiger partial charge < -0.3 is 16.8 Å². The van der Waals surface area contributed by atoms with E-state index >= 15 is 0 Å². The summed E-state index contributed by atoms with van der Waals surface area (Å²) in [5.74, 6) is -0.736. The van der Waals surface area contributed by atoms with Crippen molar-refractivity contribution in [3.63, 3.8) is 0 Å². The van der Waals surface area contributed by atoms with Gasteiger partial charge in [0.15, 0.2) is 0 Å². The van der Waals surface area contributed by atoms with Crippen LogP contribution in [0.5, 0.6) is 0 Å². The van der Waals surface area contributed by atoms with Crippen LogP contribution in [0, 0.1) is 0 Å². The molecule has 2 rings (SSSR count). The Morgan fingerprint density at radius 2 is 2.15 bits per heavy atom. The first-order chi connectivity index (χ1) is 9.38.